The van der Waals surface area contributed by atoms with Gasteiger partial charge in [0.15, 0.2) is 0 Å². The predicted molar refractivity (Wildman–Crippen MR) is 94.7 cm³/mol. The van der Waals surface area contributed by atoms with Crippen LogP contribution in [0.25, 0.3) is 0 Å². The van der Waals surface area contributed by atoms with E-state index in [2.05, 4.69) is 0 Å². The largest absolute Gasteiger partial charge is 0.465 e. The van der Waals surface area contributed by atoms with Crippen molar-refractivity contribution in [1.29, 1.82) is 0 Å². The maximum atomic E-state index is 13.6. The van der Waals surface area contributed by atoms with E-state index in [4.69, 9.17) is 9.47 Å². The molecule has 3 saturated heterocycles. The Bertz CT molecular complexity index is 957. The maximum absolute atomic E-state index is 13.6. The first-order chi connectivity index (χ1) is 12.7. The van der Waals surface area contributed by atoms with Crippen LogP contribution in [0.3, 0.4) is 0 Å². The SMILES string of the molecule is CCOC(=O)[C@@]12S[C@@]3([C@H]4C(=O)OC(=O)[C@H]41)N(C2=O)c1ccccc1C3(C)C. The molecule has 1 aromatic carbocycles. The standard InChI is InChI=1S/C19H17NO6S/c1-4-25-16(24)18-11-12(14(22)26-13(11)21)19(27-18)17(2,3)9-7-5-6-8-10(9)20(19)15(18)23/h5-8,11-12H,4H2,1-3H3/t11-,12+,18+,19+/m0/s1. The number of carbonyl (C=O) groups is 4. The van der Waals surface area contributed by atoms with Crippen LogP contribution in [0.2, 0.25) is 0 Å². The molecule has 27 heavy (non-hydrogen) atoms. The van der Waals surface area contributed by atoms with E-state index in [1.807, 2.05) is 32.0 Å². The zero-order valence-electron chi connectivity index (χ0n) is 15.0. The van der Waals surface area contributed by atoms with Crippen LogP contribution in [0.15, 0.2) is 24.3 Å². The summed E-state index contributed by atoms with van der Waals surface area (Å²) >= 11 is 1.10. The average molecular weight is 387 g/mol. The van der Waals surface area contributed by atoms with Crippen LogP contribution < -0.4 is 4.90 Å². The van der Waals surface area contributed by atoms with Gasteiger partial charge in [-0.2, -0.15) is 0 Å². The van der Waals surface area contributed by atoms with Crippen molar-refractivity contribution < 1.29 is 28.7 Å². The summed E-state index contributed by atoms with van der Waals surface area (Å²) in [4.78, 5) is 52.3. The number of hydrogen-bond acceptors (Lipinski definition) is 7. The Morgan fingerprint density at radius 3 is 2.56 bits per heavy atom. The second-order valence-corrected chi connectivity index (χ2v) is 9.20. The van der Waals surface area contributed by atoms with Crippen molar-refractivity contribution in [2.45, 2.75) is 35.8 Å². The van der Waals surface area contributed by atoms with E-state index in [-0.39, 0.29) is 6.61 Å². The van der Waals surface area contributed by atoms with Crippen molar-refractivity contribution in [2.24, 2.45) is 11.8 Å². The lowest BCUT2D eigenvalue weighted by atomic mass is 9.66. The number of amides is 1. The minimum absolute atomic E-state index is 0.0712. The van der Waals surface area contributed by atoms with Crippen molar-refractivity contribution in [3.63, 3.8) is 0 Å². The van der Waals surface area contributed by atoms with Crippen molar-refractivity contribution in [1.82, 2.24) is 0 Å². The van der Waals surface area contributed by atoms with Gasteiger partial charge in [0.2, 0.25) is 4.75 Å². The normalized spacial score (nSPS) is 37.1. The summed E-state index contributed by atoms with van der Waals surface area (Å²) in [6.07, 6.45) is 0. The van der Waals surface area contributed by atoms with Gasteiger partial charge in [-0.05, 0) is 18.6 Å². The van der Waals surface area contributed by atoms with E-state index < -0.39 is 50.7 Å². The molecule has 0 unspecified atom stereocenters. The molecule has 7 nitrogen and oxygen atoms in total. The van der Waals surface area contributed by atoms with Gasteiger partial charge in [-0.3, -0.25) is 19.3 Å². The van der Waals surface area contributed by atoms with E-state index in [0.717, 1.165) is 17.3 Å². The summed E-state index contributed by atoms with van der Waals surface area (Å²) in [6, 6.07) is 7.40. The molecular formula is C19H17NO6S. The second-order valence-electron chi connectivity index (χ2n) is 7.73. The molecule has 4 heterocycles. The minimum atomic E-state index is -1.78. The first-order valence-corrected chi connectivity index (χ1v) is 9.64. The third kappa shape index (κ3) is 1.48. The van der Waals surface area contributed by atoms with E-state index in [0.29, 0.717) is 5.69 Å². The summed E-state index contributed by atoms with van der Waals surface area (Å²) in [7, 11) is 0. The monoisotopic (exact) mass is 387 g/mol. The number of cyclic esters (lactones) is 2. The molecule has 4 atom stereocenters. The van der Waals surface area contributed by atoms with Crippen LogP contribution in [-0.2, 0) is 34.1 Å². The molecule has 2 bridgehead atoms. The summed E-state index contributed by atoms with van der Waals surface area (Å²) in [5.74, 6) is -4.85. The van der Waals surface area contributed by atoms with Crippen molar-refractivity contribution in [3.05, 3.63) is 29.8 Å². The van der Waals surface area contributed by atoms with Crippen molar-refractivity contribution in [3.8, 4) is 0 Å². The van der Waals surface area contributed by atoms with Crippen LogP contribution >= 0.6 is 11.8 Å². The smallest absolute Gasteiger partial charge is 0.332 e. The number of fused-ring (bicyclic) bond motifs is 5. The van der Waals surface area contributed by atoms with Crippen molar-refractivity contribution in [2.75, 3.05) is 11.5 Å². The molecule has 0 radical (unpaired) electrons. The lowest BCUT2D eigenvalue weighted by molar-refractivity contribution is -0.159. The molecule has 1 aromatic rings. The number of benzene rings is 1. The average Bonchev–Trinajstić information content (AvgIpc) is 3.26. The first-order valence-electron chi connectivity index (χ1n) is 8.82. The lowest BCUT2D eigenvalue weighted by Gasteiger charge is -2.44. The van der Waals surface area contributed by atoms with Gasteiger partial charge in [0, 0.05) is 11.1 Å². The van der Waals surface area contributed by atoms with Gasteiger partial charge in [0.25, 0.3) is 5.91 Å². The Balaban J connectivity index is 1.83. The molecule has 1 spiro atoms. The van der Waals surface area contributed by atoms with Gasteiger partial charge in [-0.15, -0.1) is 11.8 Å². The molecule has 1 amide bonds. The molecule has 0 saturated carbocycles. The van der Waals surface area contributed by atoms with Gasteiger partial charge in [0.05, 0.1) is 6.61 Å². The molecule has 3 fully saturated rings. The number of thioether (sulfide) groups is 1. The van der Waals surface area contributed by atoms with Crippen LogP contribution in [0, 0.1) is 11.8 Å². The molecule has 4 aliphatic heterocycles. The Labute approximate surface area is 159 Å². The number of anilines is 1. The highest BCUT2D eigenvalue weighted by Gasteiger charge is 2.89. The van der Waals surface area contributed by atoms with Gasteiger partial charge in [0.1, 0.15) is 16.7 Å². The fourth-order valence-corrected chi connectivity index (χ4v) is 7.47. The van der Waals surface area contributed by atoms with Crippen LogP contribution in [-0.4, -0.2) is 40.0 Å². The Morgan fingerprint density at radius 1 is 1.19 bits per heavy atom. The topological polar surface area (TPSA) is 90.0 Å². The molecule has 4 aliphatic rings. The van der Waals surface area contributed by atoms with E-state index in [9.17, 15) is 19.2 Å². The van der Waals surface area contributed by atoms with E-state index >= 15 is 0 Å². The molecule has 0 aliphatic carbocycles. The van der Waals surface area contributed by atoms with Crippen LogP contribution in [0.1, 0.15) is 26.3 Å². The van der Waals surface area contributed by atoms with Crippen LogP contribution in [0.5, 0.6) is 0 Å². The highest BCUT2D eigenvalue weighted by Crippen LogP contribution is 2.76. The zero-order valence-corrected chi connectivity index (χ0v) is 15.8. The molecule has 0 N–H and O–H groups in total. The molecular weight excluding hydrogens is 370 g/mol. The predicted octanol–water partition coefficient (Wildman–Crippen LogP) is 1.39. The number of para-hydroxylation sites is 1. The number of esters is 3. The Hall–Kier alpha value is -2.35. The lowest BCUT2D eigenvalue weighted by Crippen LogP contribution is -2.64. The summed E-state index contributed by atoms with van der Waals surface area (Å²) in [5, 5.41) is 0. The fraction of sp³-hybridized carbons (Fsp3) is 0.474. The summed E-state index contributed by atoms with van der Waals surface area (Å²) < 4.78 is 8.35. The zero-order chi connectivity index (χ0) is 19.4. The number of ether oxygens (including phenoxy) is 2. The van der Waals surface area contributed by atoms with E-state index in [1.165, 1.54) is 0 Å². The van der Waals surface area contributed by atoms with Gasteiger partial charge in [-0.1, -0.05) is 32.0 Å². The van der Waals surface area contributed by atoms with Crippen molar-refractivity contribution >= 4 is 41.3 Å². The van der Waals surface area contributed by atoms with Gasteiger partial charge in [-0.25, -0.2) is 4.79 Å². The highest BCUT2D eigenvalue weighted by molar-refractivity contribution is 8.04. The molecule has 8 heteroatoms. The quantitative estimate of drug-likeness (QED) is 0.559. The number of nitrogens with zero attached hydrogens (tertiary/aromatic N) is 1. The third-order valence-corrected chi connectivity index (χ3v) is 8.54. The first kappa shape index (κ1) is 16.8. The molecule has 0 aromatic heterocycles. The number of rotatable bonds is 2. The summed E-state index contributed by atoms with van der Waals surface area (Å²) in [6.45, 7) is 5.58. The minimum Gasteiger partial charge on any atom is -0.465 e. The van der Waals surface area contributed by atoms with Gasteiger partial charge >= 0.3 is 17.9 Å². The van der Waals surface area contributed by atoms with Gasteiger partial charge < -0.3 is 9.47 Å². The summed E-state index contributed by atoms with van der Waals surface area (Å²) in [5.41, 5.74) is 0.884. The molecule has 5 rings (SSSR count). The van der Waals surface area contributed by atoms with E-state index in [1.54, 1.807) is 17.9 Å². The fourth-order valence-electron chi connectivity index (χ4n) is 5.30. The molecule has 140 valence electrons. The third-order valence-electron chi connectivity index (χ3n) is 6.36. The Morgan fingerprint density at radius 2 is 1.85 bits per heavy atom. The second kappa shape index (κ2) is 4.73. The maximum Gasteiger partial charge on any atom is 0.332 e. The number of piperidine rings is 1. The Kier molecular flexibility index (Phi) is 2.94. The van der Waals surface area contributed by atoms with Crippen LogP contribution in [0.4, 0.5) is 5.69 Å². The highest BCUT2D eigenvalue weighted by atomic mass is 32.2. The number of carbonyl (C=O) groups excluding carboxylic acids is 4. The number of hydrogen-bond donors (Lipinski definition) is 0.